The molecule has 0 aliphatic rings. The van der Waals surface area contributed by atoms with Crippen LogP contribution in [0.4, 0.5) is 0 Å². The van der Waals surface area contributed by atoms with Crippen molar-refractivity contribution in [2.75, 3.05) is 0 Å². The molecule has 0 saturated heterocycles. The van der Waals surface area contributed by atoms with Crippen LogP contribution in [0.5, 0.6) is 0 Å². The van der Waals surface area contributed by atoms with Crippen LogP contribution in [-0.2, 0) is 0 Å². The van der Waals surface area contributed by atoms with Crippen molar-refractivity contribution >= 4 is 65.2 Å². The van der Waals surface area contributed by atoms with Gasteiger partial charge >= 0.3 is 0 Å². The van der Waals surface area contributed by atoms with E-state index in [0.29, 0.717) is 0 Å². The Hall–Kier alpha value is -7.68. The number of hydrogen-bond acceptors (Lipinski definition) is 0. The largest absolute Gasteiger partial charge is 0.309 e. The van der Waals surface area contributed by atoms with Crippen molar-refractivity contribution < 1.29 is 0 Å². The molecule has 0 aliphatic heterocycles. The van der Waals surface area contributed by atoms with Gasteiger partial charge in [0.25, 0.3) is 0 Å². The highest BCUT2D eigenvalue weighted by molar-refractivity contribution is 6.25. The summed E-state index contributed by atoms with van der Waals surface area (Å²) in [6, 6.07) is 80.0. The summed E-state index contributed by atoms with van der Waals surface area (Å²) < 4.78 is 4.93. The van der Waals surface area contributed by atoms with Gasteiger partial charge in [0.1, 0.15) is 0 Å². The van der Waals surface area contributed by atoms with Crippen LogP contribution in [0.3, 0.4) is 0 Å². The van der Waals surface area contributed by atoms with Gasteiger partial charge < -0.3 is 9.13 Å². The fraction of sp³-hybridized carbons (Fsp3) is 0. The van der Waals surface area contributed by atoms with Crippen molar-refractivity contribution in [2.45, 2.75) is 0 Å². The Balaban J connectivity index is 1.10. The molecular weight excluding hydrogens is 701 g/mol. The molecular formula is C56H36N2. The van der Waals surface area contributed by atoms with E-state index in [1.54, 1.807) is 0 Å². The Morgan fingerprint density at radius 3 is 1.66 bits per heavy atom. The minimum atomic E-state index is 1.14. The molecule has 2 heterocycles. The summed E-state index contributed by atoms with van der Waals surface area (Å²) in [5.41, 5.74) is 14.3. The number of fused-ring (bicyclic) bond motifs is 9. The lowest BCUT2D eigenvalue weighted by molar-refractivity contribution is 1.17. The molecule has 12 aromatic rings. The first-order valence-electron chi connectivity index (χ1n) is 20.0. The molecule has 0 amide bonds. The van der Waals surface area contributed by atoms with Gasteiger partial charge in [0, 0.05) is 32.9 Å². The Morgan fingerprint density at radius 2 is 0.828 bits per heavy atom. The third-order valence-electron chi connectivity index (χ3n) is 12.1. The van der Waals surface area contributed by atoms with E-state index in [2.05, 4.69) is 228 Å². The highest BCUT2D eigenvalue weighted by atomic mass is 15.0. The van der Waals surface area contributed by atoms with Gasteiger partial charge in [0.05, 0.1) is 22.1 Å². The number of para-hydroxylation sites is 1. The predicted molar refractivity (Wildman–Crippen MR) is 246 cm³/mol. The minimum Gasteiger partial charge on any atom is -0.309 e. The van der Waals surface area contributed by atoms with Gasteiger partial charge in [-0.05, 0) is 110 Å². The Kier molecular flexibility index (Phi) is 7.26. The van der Waals surface area contributed by atoms with E-state index >= 15 is 0 Å². The molecule has 2 heteroatoms. The molecule has 270 valence electrons. The third-order valence-corrected chi connectivity index (χ3v) is 12.1. The summed E-state index contributed by atoms with van der Waals surface area (Å²) in [6.45, 7) is 0. The van der Waals surface area contributed by atoms with Crippen molar-refractivity contribution in [3.05, 3.63) is 218 Å². The van der Waals surface area contributed by atoms with E-state index in [0.717, 1.165) is 11.4 Å². The normalized spacial score (nSPS) is 11.8. The molecule has 0 aliphatic carbocycles. The molecule has 0 radical (unpaired) electrons. The van der Waals surface area contributed by atoms with Crippen LogP contribution >= 0.6 is 0 Å². The molecule has 10 aromatic carbocycles. The van der Waals surface area contributed by atoms with Gasteiger partial charge in [-0.2, -0.15) is 0 Å². The standard InChI is InChI=1S/C56H36N2/c1-2-13-37(14-3-1)41-18-10-19-42(33-41)43-20-11-21-45(34-43)58-53-32-29-39-16-5-7-23-48(39)56(53)51-35-50-49-24-8-9-26-52(49)57(54(50)36-55(51)58)44-30-27-40(28-31-44)47-25-12-17-38-15-4-6-22-46(38)47/h1-36H. The summed E-state index contributed by atoms with van der Waals surface area (Å²) in [5, 5.41) is 10.1. The van der Waals surface area contributed by atoms with Crippen LogP contribution in [0.1, 0.15) is 0 Å². The van der Waals surface area contributed by atoms with Crippen LogP contribution in [0.25, 0.3) is 110 Å². The Bertz CT molecular complexity index is 3540. The second-order valence-electron chi connectivity index (χ2n) is 15.3. The Morgan fingerprint density at radius 1 is 0.241 bits per heavy atom. The average molecular weight is 737 g/mol. The summed E-state index contributed by atoms with van der Waals surface area (Å²) >= 11 is 0. The topological polar surface area (TPSA) is 9.86 Å². The predicted octanol–water partition coefficient (Wildman–Crippen LogP) is 15.2. The molecule has 2 aromatic heterocycles. The van der Waals surface area contributed by atoms with Gasteiger partial charge in [-0.15, -0.1) is 0 Å². The van der Waals surface area contributed by atoms with E-state index < -0.39 is 0 Å². The van der Waals surface area contributed by atoms with Crippen LogP contribution in [0, 0.1) is 0 Å². The zero-order chi connectivity index (χ0) is 38.2. The summed E-state index contributed by atoms with van der Waals surface area (Å²) in [4.78, 5) is 0. The molecule has 0 bridgehead atoms. The first-order valence-corrected chi connectivity index (χ1v) is 20.0. The number of benzene rings is 10. The van der Waals surface area contributed by atoms with E-state index in [1.165, 1.54) is 98.5 Å². The lowest BCUT2D eigenvalue weighted by Crippen LogP contribution is -1.96. The van der Waals surface area contributed by atoms with Crippen molar-refractivity contribution in [1.82, 2.24) is 9.13 Å². The van der Waals surface area contributed by atoms with E-state index in [-0.39, 0.29) is 0 Å². The van der Waals surface area contributed by atoms with Crippen LogP contribution in [0.2, 0.25) is 0 Å². The SMILES string of the molecule is c1ccc(-c2cccc(-c3cccc(-n4c5cc6c(cc5c5c7ccccc7ccc54)c4ccccc4n6-c4ccc(-c5cccc6ccccc56)cc4)c3)c2)cc1. The van der Waals surface area contributed by atoms with Crippen molar-refractivity contribution in [3.63, 3.8) is 0 Å². The third kappa shape index (κ3) is 5.05. The van der Waals surface area contributed by atoms with E-state index in [1.807, 2.05) is 0 Å². The van der Waals surface area contributed by atoms with Gasteiger partial charge in [0.15, 0.2) is 0 Å². The summed E-state index contributed by atoms with van der Waals surface area (Å²) in [7, 11) is 0. The maximum Gasteiger partial charge on any atom is 0.0562 e. The van der Waals surface area contributed by atoms with Gasteiger partial charge in [-0.3, -0.25) is 0 Å². The molecule has 2 nitrogen and oxygen atoms in total. The maximum atomic E-state index is 2.48. The van der Waals surface area contributed by atoms with Gasteiger partial charge in [0.2, 0.25) is 0 Å². The summed E-state index contributed by atoms with van der Waals surface area (Å²) in [5.74, 6) is 0. The molecule has 12 rings (SSSR count). The van der Waals surface area contributed by atoms with E-state index in [4.69, 9.17) is 0 Å². The van der Waals surface area contributed by atoms with Crippen molar-refractivity contribution in [3.8, 4) is 44.8 Å². The maximum absolute atomic E-state index is 2.48. The molecule has 0 fully saturated rings. The number of aromatic nitrogens is 2. The molecule has 0 N–H and O–H groups in total. The number of nitrogens with zero attached hydrogens (tertiary/aromatic N) is 2. The molecule has 0 unspecified atom stereocenters. The zero-order valence-corrected chi connectivity index (χ0v) is 31.7. The van der Waals surface area contributed by atoms with Crippen LogP contribution in [0.15, 0.2) is 218 Å². The van der Waals surface area contributed by atoms with E-state index in [9.17, 15) is 0 Å². The molecule has 0 atom stereocenters. The summed E-state index contributed by atoms with van der Waals surface area (Å²) in [6.07, 6.45) is 0. The molecule has 58 heavy (non-hydrogen) atoms. The zero-order valence-electron chi connectivity index (χ0n) is 31.7. The van der Waals surface area contributed by atoms with Crippen LogP contribution in [-0.4, -0.2) is 9.13 Å². The quantitative estimate of drug-likeness (QED) is 0.167. The minimum absolute atomic E-state index is 1.14. The highest BCUT2D eigenvalue weighted by Crippen LogP contribution is 2.43. The number of hydrogen-bond donors (Lipinski definition) is 0. The first kappa shape index (κ1) is 32.6. The fourth-order valence-electron chi connectivity index (χ4n) is 9.41. The second kappa shape index (κ2) is 12.9. The van der Waals surface area contributed by atoms with Crippen molar-refractivity contribution in [1.29, 1.82) is 0 Å². The average Bonchev–Trinajstić information content (AvgIpc) is 3.80. The fourth-order valence-corrected chi connectivity index (χ4v) is 9.41. The van der Waals surface area contributed by atoms with Gasteiger partial charge in [-0.1, -0.05) is 164 Å². The first-order chi connectivity index (χ1) is 28.8. The highest BCUT2D eigenvalue weighted by Gasteiger charge is 2.20. The lowest BCUT2D eigenvalue weighted by atomic mass is 9.98. The number of rotatable bonds is 5. The van der Waals surface area contributed by atoms with Crippen molar-refractivity contribution in [2.24, 2.45) is 0 Å². The molecule has 0 spiro atoms. The second-order valence-corrected chi connectivity index (χ2v) is 15.3. The van der Waals surface area contributed by atoms with Crippen LogP contribution < -0.4 is 0 Å². The Labute approximate surface area is 336 Å². The lowest BCUT2D eigenvalue weighted by Gasteiger charge is -2.13. The van der Waals surface area contributed by atoms with Gasteiger partial charge in [-0.25, -0.2) is 0 Å². The molecule has 0 saturated carbocycles. The smallest absolute Gasteiger partial charge is 0.0562 e. The monoisotopic (exact) mass is 736 g/mol.